The highest BCUT2D eigenvalue weighted by Crippen LogP contribution is 2.27. The number of aryl methyl sites for hydroxylation is 1. The molecule has 17 heavy (non-hydrogen) atoms. The lowest BCUT2D eigenvalue weighted by Crippen LogP contribution is -2.52. The Morgan fingerprint density at radius 3 is 2.94 bits per heavy atom. The number of aromatic nitrogens is 2. The van der Waals surface area contributed by atoms with E-state index in [-0.39, 0.29) is 5.78 Å². The lowest BCUT2D eigenvalue weighted by Gasteiger charge is -2.33. The van der Waals surface area contributed by atoms with Gasteiger partial charge in [0.25, 0.3) is 0 Å². The van der Waals surface area contributed by atoms with Crippen molar-refractivity contribution >= 4 is 5.78 Å². The van der Waals surface area contributed by atoms with Gasteiger partial charge in [-0.1, -0.05) is 0 Å². The van der Waals surface area contributed by atoms with Crippen LogP contribution in [0.1, 0.15) is 36.7 Å². The smallest absolute Gasteiger partial charge is 0.204 e. The predicted octanol–water partition coefficient (Wildman–Crippen LogP) is 1.14. The molecule has 2 heterocycles. The molecule has 0 aliphatic carbocycles. The number of carbonyl (C=O) groups is 1. The van der Waals surface area contributed by atoms with Crippen LogP contribution in [0.2, 0.25) is 0 Å². The van der Waals surface area contributed by atoms with Crippen molar-refractivity contribution in [3.8, 4) is 5.75 Å². The minimum absolute atomic E-state index is 0.0639. The first kappa shape index (κ1) is 12.1. The second kappa shape index (κ2) is 4.49. The molecule has 1 aromatic heterocycles. The maximum Gasteiger partial charge on any atom is 0.204 e. The van der Waals surface area contributed by atoms with Crippen molar-refractivity contribution in [3.63, 3.8) is 0 Å². The molecule has 1 fully saturated rings. The molecule has 0 amide bonds. The number of ketones is 1. The molecule has 1 unspecified atom stereocenters. The fourth-order valence-electron chi connectivity index (χ4n) is 2.34. The molecule has 94 valence electrons. The topological polar surface area (TPSA) is 56.2 Å². The molecule has 1 saturated heterocycles. The molecule has 5 nitrogen and oxygen atoms in total. The molecule has 2 rings (SSSR count). The number of carbonyl (C=O) groups excluding carboxylic acids is 1. The molecule has 1 aliphatic rings. The van der Waals surface area contributed by atoms with Gasteiger partial charge in [-0.25, -0.2) is 0 Å². The van der Waals surface area contributed by atoms with E-state index in [4.69, 9.17) is 4.74 Å². The van der Waals surface area contributed by atoms with Crippen LogP contribution in [0.15, 0.2) is 6.20 Å². The van der Waals surface area contributed by atoms with Crippen molar-refractivity contribution in [2.45, 2.75) is 31.7 Å². The summed E-state index contributed by atoms with van der Waals surface area (Å²) in [7, 11) is 3.33. The van der Waals surface area contributed by atoms with Crippen molar-refractivity contribution in [3.05, 3.63) is 11.9 Å². The second-order valence-corrected chi connectivity index (χ2v) is 4.73. The summed E-state index contributed by atoms with van der Waals surface area (Å²) in [4.78, 5) is 12.6. The van der Waals surface area contributed by atoms with Crippen LogP contribution in [-0.4, -0.2) is 34.8 Å². The zero-order valence-corrected chi connectivity index (χ0v) is 10.6. The molecular weight excluding hydrogens is 218 g/mol. The summed E-state index contributed by atoms with van der Waals surface area (Å²) < 4.78 is 6.78. The molecular formula is C12H19N3O2. The van der Waals surface area contributed by atoms with E-state index in [0.717, 1.165) is 25.8 Å². The standard InChI is InChI=1S/C12H19N3O2/c1-12(6-4-5-7-13-12)11(16)10-9(17-3)8-14-15(10)2/h8,13H,4-7H2,1-3H3. The van der Waals surface area contributed by atoms with Gasteiger partial charge in [0.15, 0.2) is 5.75 Å². The van der Waals surface area contributed by atoms with Gasteiger partial charge in [-0.15, -0.1) is 0 Å². The van der Waals surface area contributed by atoms with Crippen LogP contribution < -0.4 is 10.1 Å². The average molecular weight is 237 g/mol. The molecule has 5 heteroatoms. The summed E-state index contributed by atoms with van der Waals surface area (Å²) in [6.07, 6.45) is 4.65. The van der Waals surface area contributed by atoms with Crippen LogP contribution >= 0.6 is 0 Å². The Balaban J connectivity index is 2.32. The number of ether oxygens (including phenoxy) is 1. The Morgan fingerprint density at radius 2 is 2.35 bits per heavy atom. The Hall–Kier alpha value is -1.36. The van der Waals surface area contributed by atoms with Crippen molar-refractivity contribution in [2.24, 2.45) is 7.05 Å². The van der Waals surface area contributed by atoms with Crippen LogP contribution in [0.25, 0.3) is 0 Å². The van der Waals surface area contributed by atoms with Crippen LogP contribution in [-0.2, 0) is 7.05 Å². The Labute approximate surface area is 101 Å². The maximum absolute atomic E-state index is 12.6. The van der Waals surface area contributed by atoms with Crippen LogP contribution in [0.5, 0.6) is 5.75 Å². The zero-order valence-electron chi connectivity index (χ0n) is 10.6. The first-order valence-corrected chi connectivity index (χ1v) is 5.94. The SMILES string of the molecule is COc1cnn(C)c1C(=O)C1(C)CCCCN1. The van der Waals surface area contributed by atoms with Crippen molar-refractivity contribution < 1.29 is 9.53 Å². The van der Waals surface area contributed by atoms with Gasteiger partial charge in [-0.2, -0.15) is 5.10 Å². The molecule has 1 aromatic rings. The van der Waals surface area contributed by atoms with Gasteiger partial charge in [0.05, 0.1) is 18.8 Å². The number of rotatable bonds is 3. The number of piperidine rings is 1. The van der Waals surface area contributed by atoms with Gasteiger partial charge < -0.3 is 10.1 Å². The molecule has 1 aliphatic heterocycles. The summed E-state index contributed by atoms with van der Waals surface area (Å²) in [6.45, 7) is 2.85. The monoisotopic (exact) mass is 237 g/mol. The van der Waals surface area contributed by atoms with E-state index in [9.17, 15) is 4.79 Å². The molecule has 1 N–H and O–H groups in total. The summed E-state index contributed by atoms with van der Waals surface area (Å²) in [5.41, 5.74) is 0.0590. The van der Waals surface area contributed by atoms with Gasteiger partial charge in [0.2, 0.25) is 5.78 Å². The molecule has 0 bridgehead atoms. The van der Waals surface area contributed by atoms with Crippen LogP contribution in [0, 0.1) is 0 Å². The largest absolute Gasteiger partial charge is 0.493 e. The fourth-order valence-corrected chi connectivity index (χ4v) is 2.34. The van der Waals surface area contributed by atoms with Crippen molar-refractivity contribution in [2.75, 3.05) is 13.7 Å². The van der Waals surface area contributed by atoms with Gasteiger partial charge in [0.1, 0.15) is 5.69 Å². The lowest BCUT2D eigenvalue weighted by atomic mass is 9.85. The summed E-state index contributed by atoms with van der Waals surface area (Å²) >= 11 is 0. The van der Waals surface area contributed by atoms with Gasteiger partial charge >= 0.3 is 0 Å². The Morgan fingerprint density at radius 1 is 1.59 bits per heavy atom. The number of hydrogen-bond acceptors (Lipinski definition) is 4. The minimum atomic E-state index is -0.487. The third-order valence-corrected chi connectivity index (χ3v) is 3.46. The first-order valence-electron chi connectivity index (χ1n) is 5.94. The highest BCUT2D eigenvalue weighted by molar-refractivity contribution is 6.03. The highest BCUT2D eigenvalue weighted by atomic mass is 16.5. The average Bonchev–Trinajstić information content (AvgIpc) is 2.70. The van der Waals surface area contributed by atoms with E-state index in [1.54, 1.807) is 25.0 Å². The van der Waals surface area contributed by atoms with Gasteiger partial charge in [-0.05, 0) is 32.7 Å². The Kier molecular flexibility index (Phi) is 3.19. The molecule has 0 radical (unpaired) electrons. The van der Waals surface area contributed by atoms with Gasteiger partial charge in [-0.3, -0.25) is 9.48 Å². The number of hydrogen-bond donors (Lipinski definition) is 1. The maximum atomic E-state index is 12.6. The fraction of sp³-hybridized carbons (Fsp3) is 0.667. The third kappa shape index (κ3) is 2.07. The summed E-state index contributed by atoms with van der Waals surface area (Å²) in [6, 6.07) is 0. The minimum Gasteiger partial charge on any atom is -0.493 e. The third-order valence-electron chi connectivity index (χ3n) is 3.46. The van der Waals surface area contributed by atoms with Crippen molar-refractivity contribution in [1.82, 2.24) is 15.1 Å². The normalized spacial score (nSPS) is 24.6. The van der Waals surface area contributed by atoms with Gasteiger partial charge in [0, 0.05) is 7.05 Å². The van der Waals surface area contributed by atoms with E-state index in [2.05, 4.69) is 10.4 Å². The summed E-state index contributed by atoms with van der Waals surface area (Å²) in [5.74, 6) is 0.611. The highest BCUT2D eigenvalue weighted by Gasteiger charge is 2.38. The molecule has 0 aromatic carbocycles. The zero-order chi connectivity index (χ0) is 12.5. The van der Waals surface area contributed by atoms with Crippen LogP contribution in [0.3, 0.4) is 0 Å². The number of Topliss-reactive ketones (excluding diaryl/α,β-unsaturated/α-hetero) is 1. The molecule has 1 atom stereocenters. The summed E-state index contributed by atoms with van der Waals surface area (Å²) in [5, 5.41) is 7.39. The number of methoxy groups -OCH3 is 1. The first-order chi connectivity index (χ1) is 8.08. The van der Waals surface area contributed by atoms with Crippen molar-refractivity contribution in [1.29, 1.82) is 0 Å². The lowest BCUT2D eigenvalue weighted by molar-refractivity contribution is 0.0821. The molecule has 0 spiro atoms. The van der Waals surface area contributed by atoms with Crippen LogP contribution in [0.4, 0.5) is 0 Å². The second-order valence-electron chi connectivity index (χ2n) is 4.73. The number of nitrogens with zero attached hydrogens (tertiary/aromatic N) is 2. The van der Waals surface area contributed by atoms with E-state index >= 15 is 0 Å². The van der Waals surface area contributed by atoms with E-state index in [1.165, 1.54) is 0 Å². The quantitative estimate of drug-likeness (QED) is 0.801. The van der Waals surface area contributed by atoms with E-state index in [1.807, 2.05) is 6.92 Å². The van der Waals surface area contributed by atoms with E-state index < -0.39 is 5.54 Å². The molecule has 0 saturated carbocycles. The predicted molar refractivity (Wildman–Crippen MR) is 64.3 cm³/mol. The number of nitrogens with one attached hydrogen (secondary N) is 1. The Bertz CT molecular complexity index is 419. The van der Waals surface area contributed by atoms with E-state index in [0.29, 0.717) is 11.4 Å².